The zero-order valence-electron chi connectivity index (χ0n) is 11.7. The first-order valence-corrected chi connectivity index (χ1v) is 6.44. The largest absolute Gasteiger partial charge is 0.496 e. The molecule has 0 radical (unpaired) electrons. The molecule has 0 heterocycles. The summed E-state index contributed by atoms with van der Waals surface area (Å²) in [6.07, 6.45) is 4.62. The summed E-state index contributed by atoms with van der Waals surface area (Å²) in [5.74, 6) is 0.837. The first-order chi connectivity index (χ1) is 8.58. The maximum Gasteiger partial charge on any atom is 0.166 e. The fourth-order valence-corrected chi connectivity index (χ4v) is 1.83. The predicted molar refractivity (Wildman–Crippen MR) is 76.2 cm³/mol. The highest BCUT2D eigenvalue weighted by atomic mass is 16.5. The van der Waals surface area contributed by atoms with Crippen LogP contribution in [0.4, 0.5) is 0 Å². The molecule has 0 bridgehead atoms. The maximum absolute atomic E-state index is 12.0. The van der Waals surface area contributed by atoms with E-state index in [1.165, 1.54) is 5.57 Å². The number of hydrogen-bond acceptors (Lipinski definition) is 2. The average molecular weight is 246 g/mol. The Morgan fingerprint density at radius 1 is 1.33 bits per heavy atom. The van der Waals surface area contributed by atoms with E-state index in [1.807, 2.05) is 32.0 Å². The Balaban J connectivity index is 3.00. The van der Waals surface area contributed by atoms with Gasteiger partial charge in [0.1, 0.15) is 5.75 Å². The molecule has 0 saturated heterocycles. The molecule has 0 aliphatic carbocycles. The van der Waals surface area contributed by atoms with Crippen molar-refractivity contribution < 1.29 is 9.53 Å². The molecule has 1 rings (SSSR count). The number of unbranched alkanes of at least 4 members (excludes halogenated alkanes) is 1. The van der Waals surface area contributed by atoms with Crippen LogP contribution in [0.2, 0.25) is 0 Å². The van der Waals surface area contributed by atoms with Crippen LogP contribution in [-0.4, -0.2) is 12.9 Å². The number of ketones is 1. The summed E-state index contributed by atoms with van der Waals surface area (Å²) in [7, 11) is 1.61. The zero-order valence-corrected chi connectivity index (χ0v) is 11.7. The Bertz CT molecular complexity index is 440. The topological polar surface area (TPSA) is 26.3 Å². The number of ether oxygens (including phenoxy) is 1. The molecule has 0 aliphatic heterocycles. The second kappa shape index (κ2) is 7.00. The number of benzene rings is 1. The standard InChI is InChI=1S/C16H22O2/c1-5-6-7-15(17)14-9-8-13(10-12(2)3)11-16(14)18-4/h8-11H,5-7H2,1-4H3. The molecule has 0 atom stereocenters. The molecule has 0 aliphatic rings. The highest BCUT2D eigenvalue weighted by Crippen LogP contribution is 2.23. The molecular weight excluding hydrogens is 224 g/mol. The summed E-state index contributed by atoms with van der Waals surface area (Å²) >= 11 is 0. The van der Waals surface area contributed by atoms with Crippen molar-refractivity contribution in [1.29, 1.82) is 0 Å². The van der Waals surface area contributed by atoms with Crippen molar-refractivity contribution in [3.8, 4) is 5.75 Å². The fraction of sp³-hybridized carbons (Fsp3) is 0.438. The molecule has 0 aromatic heterocycles. The van der Waals surface area contributed by atoms with Gasteiger partial charge < -0.3 is 4.74 Å². The molecule has 0 saturated carbocycles. The molecule has 2 heteroatoms. The second-order valence-corrected chi connectivity index (χ2v) is 4.71. The van der Waals surface area contributed by atoms with E-state index in [4.69, 9.17) is 4.74 Å². The molecular formula is C16H22O2. The van der Waals surface area contributed by atoms with Gasteiger partial charge in [-0.2, -0.15) is 0 Å². The number of carbonyl (C=O) groups is 1. The van der Waals surface area contributed by atoms with Gasteiger partial charge in [-0.15, -0.1) is 0 Å². The minimum Gasteiger partial charge on any atom is -0.496 e. The summed E-state index contributed by atoms with van der Waals surface area (Å²) in [5.41, 5.74) is 2.98. The molecule has 0 fully saturated rings. The highest BCUT2D eigenvalue weighted by molar-refractivity contribution is 5.98. The van der Waals surface area contributed by atoms with E-state index in [0.29, 0.717) is 17.7 Å². The lowest BCUT2D eigenvalue weighted by molar-refractivity contribution is 0.0977. The molecule has 0 unspecified atom stereocenters. The van der Waals surface area contributed by atoms with Crippen LogP contribution in [0.3, 0.4) is 0 Å². The van der Waals surface area contributed by atoms with E-state index < -0.39 is 0 Å². The van der Waals surface area contributed by atoms with Gasteiger partial charge in [0.2, 0.25) is 0 Å². The monoisotopic (exact) mass is 246 g/mol. The first-order valence-electron chi connectivity index (χ1n) is 6.44. The summed E-state index contributed by atoms with van der Waals surface area (Å²) in [5, 5.41) is 0. The van der Waals surface area contributed by atoms with Crippen LogP contribution in [0.25, 0.3) is 6.08 Å². The molecule has 18 heavy (non-hydrogen) atoms. The first kappa shape index (κ1) is 14.5. The molecule has 2 nitrogen and oxygen atoms in total. The normalized spacial score (nSPS) is 10.0. The maximum atomic E-state index is 12.0. The number of rotatable bonds is 6. The number of carbonyl (C=O) groups excluding carboxylic acids is 1. The Morgan fingerprint density at radius 3 is 2.61 bits per heavy atom. The van der Waals surface area contributed by atoms with Gasteiger partial charge in [-0.3, -0.25) is 4.79 Å². The molecule has 0 amide bonds. The molecule has 0 N–H and O–H groups in total. The van der Waals surface area contributed by atoms with Crippen LogP contribution < -0.4 is 4.74 Å². The summed E-state index contributed by atoms with van der Waals surface area (Å²) in [4.78, 5) is 12.0. The minimum absolute atomic E-state index is 0.164. The summed E-state index contributed by atoms with van der Waals surface area (Å²) in [6.45, 7) is 6.18. The molecule has 0 spiro atoms. The van der Waals surface area contributed by atoms with E-state index in [2.05, 4.69) is 13.0 Å². The van der Waals surface area contributed by atoms with Crippen molar-refractivity contribution in [2.45, 2.75) is 40.0 Å². The van der Waals surface area contributed by atoms with Gasteiger partial charge in [-0.05, 0) is 38.0 Å². The molecule has 98 valence electrons. The van der Waals surface area contributed by atoms with Gasteiger partial charge >= 0.3 is 0 Å². The Kier molecular flexibility index (Phi) is 5.63. The van der Waals surface area contributed by atoms with E-state index in [-0.39, 0.29) is 5.78 Å². The molecule has 1 aromatic carbocycles. The van der Waals surface area contributed by atoms with Gasteiger partial charge in [0.15, 0.2) is 5.78 Å². The SMILES string of the molecule is CCCCC(=O)c1ccc(C=C(C)C)cc1OC. The summed E-state index contributed by atoms with van der Waals surface area (Å²) in [6, 6.07) is 5.76. The molecule has 1 aromatic rings. The van der Waals surface area contributed by atoms with E-state index in [9.17, 15) is 4.79 Å². The number of allylic oxidation sites excluding steroid dienone is 1. The lowest BCUT2D eigenvalue weighted by Gasteiger charge is -2.08. The van der Waals surface area contributed by atoms with Crippen molar-refractivity contribution >= 4 is 11.9 Å². The fourth-order valence-electron chi connectivity index (χ4n) is 1.83. The smallest absolute Gasteiger partial charge is 0.166 e. The second-order valence-electron chi connectivity index (χ2n) is 4.71. The van der Waals surface area contributed by atoms with Crippen molar-refractivity contribution in [2.75, 3.05) is 7.11 Å². The van der Waals surface area contributed by atoms with E-state index in [1.54, 1.807) is 7.11 Å². The van der Waals surface area contributed by atoms with E-state index in [0.717, 1.165) is 18.4 Å². The van der Waals surface area contributed by atoms with Gasteiger partial charge in [-0.1, -0.05) is 31.1 Å². The number of Topliss-reactive ketones (excluding diaryl/α,β-unsaturated/α-hetero) is 1. The lowest BCUT2D eigenvalue weighted by atomic mass is 10.0. The van der Waals surface area contributed by atoms with Gasteiger partial charge in [-0.25, -0.2) is 0 Å². The minimum atomic E-state index is 0.164. The van der Waals surface area contributed by atoms with Crippen LogP contribution in [-0.2, 0) is 0 Å². The quantitative estimate of drug-likeness (QED) is 0.691. The predicted octanol–water partition coefficient (Wildman–Crippen LogP) is 4.49. The average Bonchev–Trinajstić information content (AvgIpc) is 2.35. The van der Waals surface area contributed by atoms with Crippen molar-refractivity contribution in [3.63, 3.8) is 0 Å². The van der Waals surface area contributed by atoms with Gasteiger partial charge in [0, 0.05) is 6.42 Å². The third kappa shape index (κ3) is 4.02. The Hall–Kier alpha value is -1.57. The Morgan fingerprint density at radius 2 is 2.06 bits per heavy atom. The van der Waals surface area contributed by atoms with E-state index >= 15 is 0 Å². The van der Waals surface area contributed by atoms with Crippen molar-refractivity contribution in [2.24, 2.45) is 0 Å². The summed E-state index contributed by atoms with van der Waals surface area (Å²) < 4.78 is 5.32. The van der Waals surface area contributed by atoms with Crippen LogP contribution >= 0.6 is 0 Å². The van der Waals surface area contributed by atoms with Gasteiger partial charge in [0.25, 0.3) is 0 Å². The van der Waals surface area contributed by atoms with Crippen molar-refractivity contribution in [1.82, 2.24) is 0 Å². The zero-order chi connectivity index (χ0) is 13.5. The van der Waals surface area contributed by atoms with Crippen LogP contribution in [0.1, 0.15) is 56.0 Å². The van der Waals surface area contributed by atoms with Crippen molar-refractivity contribution in [3.05, 3.63) is 34.9 Å². The van der Waals surface area contributed by atoms with Crippen LogP contribution in [0.5, 0.6) is 5.75 Å². The van der Waals surface area contributed by atoms with Crippen LogP contribution in [0.15, 0.2) is 23.8 Å². The third-order valence-electron chi connectivity index (χ3n) is 2.74. The number of methoxy groups -OCH3 is 1. The number of hydrogen-bond donors (Lipinski definition) is 0. The Labute approximate surface area is 110 Å². The van der Waals surface area contributed by atoms with Gasteiger partial charge in [0.05, 0.1) is 12.7 Å². The lowest BCUT2D eigenvalue weighted by Crippen LogP contribution is -2.02. The highest BCUT2D eigenvalue weighted by Gasteiger charge is 2.11. The van der Waals surface area contributed by atoms with Crippen LogP contribution in [0, 0.1) is 0 Å². The third-order valence-corrected chi connectivity index (χ3v) is 2.74.